The van der Waals surface area contributed by atoms with Crippen LogP contribution in [0.4, 0.5) is 0 Å². The van der Waals surface area contributed by atoms with E-state index in [0.717, 1.165) is 36.7 Å². The molecular weight excluding hydrogens is 334 g/mol. The first kappa shape index (κ1) is 15.5. The smallest absolute Gasteiger partial charge is 0.217 e. The molecule has 134 valence electrons. The van der Waals surface area contributed by atoms with Crippen molar-refractivity contribution in [3.63, 3.8) is 0 Å². The summed E-state index contributed by atoms with van der Waals surface area (Å²) in [5.74, 6) is 3.39. The number of aromatic nitrogens is 3. The third-order valence-electron chi connectivity index (χ3n) is 4.81. The van der Waals surface area contributed by atoms with Gasteiger partial charge in [0.05, 0.1) is 12.0 Å². The topological polar surface area (TPSA) is 71.5 Å². The molecule has 1 aromatic carbocycles. The van der Waals surface area contributed by atoms with E-state index in [2.05, 4.69) is 6.92 Å². The van der Waals surface area contributed by atoms with Gasteiger partial charge in [0.15, 0.2) is 23.1 Å². The van der Waals surface area contributed by atoms with Gasteiger partial charge in [0.25, 0.3) is 0 Å². The molecule has 2 aliphatic heterocycles. The quantitative estimate of drug-likeness (QED) is 0.719. The molecule has 0 saturated carbocycles. The highest BCUT2D eigenvalue weighted by Gasteiger charge is 2.38. The zero-order valence-electron chi connectivity index (χ0n) is 14.5. The van der Waals surface area contributed by atoms with Gasteiger partial charge in [-0.3, -0.25) is 0 Å². The maximum absolute atomic E-state index is 6.02. The van der Waals surface area contributed by atoms with Crippen molar-refractivity contribution in [2.24, 2.45) is 0 Å². The van der Waals surface area contributed by atoms with E-state index in [1.54, 1.807) is 6.26 Å². The lowest BCUT2D eigenvalue weighted by molar-refractivity contribution is 0.00766. The minimum atomic E-state index is -0.481. The van der Waals surface area contributed by atoms with E-state index in [1.165, 1.54) is 0 Å². The number of rotatable bonds is 3. The lowest BCUT2D eigenvalue weighted by Crippen LogP contribution is -2.25. The molecule has 3 aromatic rings. The zero-order valence-corrected chi connectivity index (χ0v) is 14.5. The van der Waals surface area contributed by atoms with Gasteiger partial charge in [-0.2, -0.15) is 0 Å². The van der Waals surface area contributed by atoms with Crippen molar-refractivity contribution >= 4 is 0 Å². The molecular formula is C19H19N3O4. The Balaban J connectivity index is 1.65. The third kappa shape index (κ3) is 2.47. The summed E-state index contributed by atoms with van der Waals surface area (Å²) in [6.07, 6.45) is 3.52. The first-order chi connectivity index (χ1) is 12.7. The van der Waals surface area contributed by atoms with E-state index in [0.29, 0.717) is 30.5 Å². The molecule has 5 rings (SSSR count). The number of nitrogens with zero attached hydrogens (tertiary/aromatic N) is 3. The van der Waals surface area contributed by atoms with Crippen molar-refractivity contribution in [2.75, 3.05) is 19.8 Å². The van der Waals surface area contributed by atoms with Crippen LogP contribution in [0.3, 0.4) is 0 Å². The van der Waals surface area contributed by atoms with Gasteiger partial charge in [-0.1, -0.05) is 0 Å². The van der Waals surface area contributed by atoms with Gasteiger partial charge in [0, 0.05) is 12.7 Å². The van der Waals surface area contributed by atoms with Crippen LogP contribution in [0.2, 0.25) is 0 Å². The molecule has 0 N–H and O–H groups in total. The Morgan fingerprint density at radius 1 is 1.08 bits per heavy atom. The van der Waals surface area contributed by atoms with Crippen molar-refractivity contribution in [3.05, 3.63) is 42.4 Å². The Morgan fingerprint density at radius 2 is 1.96 bits per heavy atom. The van der Waals surface area contributed by atoms with Gasteiger partial charge in [-0.25, -0.2) is 9.67 Å². The van der Waals surface area contributed by atoms with Crippen LogP contribution in [0, 0.1) is 0 Å². The highest BCUT2D eigenvalue weighted by molar-refractivity contribution is 5.52. The predicted molar refractivity (Wildman–Crippen MR) is 92.6 cm³/mol. The second-order valence-corrected chi connectivity index (χ2v) is 6.66. The van der Waals surface area contributed by atoms with Gasteiger partial charge in [-0.05, 0) is 44.0 Å². The predicted octanol–water partition coefficient (Wildman–Crippen LogP) is 3.32. The van der Waals surface area contributed by atoms with E-state index in [9.17, 15) is 0 Å². The molecule has 7 heteroatoms. The highest BCUT2D eigenvalue weighted by atomic mass is 16.6. The Kier molecular flexibility index (Phi) is 3.49. The van der Waals surface area contributed by atoms with Gasteiger partial charge >= 0.3 is 0 Å². The fraction of sp³-hybridized carbons (Fsp3) is 0.368. The fourth-order valence-corrected chi connectivity index (χ4v) is 3.46. The molecule has 1 fully saturated rings. The lowest BCUT2D eigenvalue weighted by Gasteiger charge is -2.23. The first-order valence-electron chi connectivity index (χ1n) is 8.78. The molecule has 1 unspecified atom stereocenters. The molecule has 2 aliphatic rings. The average molecular weight is 353 g/mol. The van der Waals surface area contributed by atoms with Crippen LogP contribution in [-0.4, -0.2) is 34.6 Å². The molecule has 4 heterocycles. The molecule has 1 saturated heterocycles. The number of ether oxygens (including phenoxy) is 3. The first-order valence-corrected chi connectivity index (χ1v) is 8.78. The van der Waals surface area contributed by atoms with E-state index in [4.69, 9.17) is 28.7 Å². The molecule has 7 nitrogen and oxygen atoms in total. The normalized spacial score (nSPS) is 21.9. The average Bonchev–Trinajstić information content (AvgIpc) is 3.41. The van der Waals surface area contributed by atoms with Crippen LogP contribution < -0.4 is 9.47 Å². The van der Waals surface area contributed by atoms with E-state index in [1.807, 2.05) is 35.0 Å². The Hall–Kier alpha value is -2.80. The SMILES string of the molecule is CC1(c2nc(-c3ccco3)nn2-c2ccc3c(c2)OCCO3)CCCO1. The van der Waals surface area contributed by atoms with E-state index in [-0.39, 0.29) is 0 Å². The fourth-order valence-electron chi connectivity index (χ4n) is 3.46. The maximum atomic E-state index is 6.02. The third-order valence-corrected chi connectivity index (χ3v) is 4.81. The summed E-state index contributed by atoms with van der Waals surface area (Å²) >= 11 is 0. The maximum Gasteiger partial charge on any atom is 0.217 e. The van der Waals surface area contributed by atoms with Crippen molar-refractivity contribution in [2.45, 2.75) is 25.4 Å². The molecule has 0 aliphatic carbocycles. The van der Waals surface area contributed by atoms with E-state index >= 15 is 0 Å². The highest BCUT2D eigenvalue weighted by Crippen LogP contribution is 2.38. The number of fused-ring (bicyclic) bond motifs is 1. The number of hydrogen-bond acceptors (Lipinski definition) is 6. The van der Waals surface area contributed by atoms with Gasteiger partial charge in [0.2, 0.25) is 5.82 Å². The summed E-state index contributed by atoms with van der Waals surface area (Å²) in [5, 5.41) is 4.70. The second kappa shape index (κ2) is 5.88. The van der Waals surface area contributed by atoms with Crippen molar-refractivity contribution in [3.8, 4) is 28.8 Å². The molecule has 2 aromatic heterocycles. The van der Waals surface area contributed by atoms with Crippen LogP contribution in [-0.2, 0) is 10.3 Å². The molecule has 0 spiro atoms. The monoisotopic (exact) mass is 353 g/mol. The van der Waals surface area contributed by atoms with Gasteiger partial charge in [-0.15, -0.1) is 5.10 Å². The Bertz CT molecular complexity index is 926. The van der Waals surface area contributed by atoms with Crippen LogP contribution in [0.25, 0.3) is 17.3 Å². The number of benzene rings is 1. The molecule has 1 atom stereocenters. The molecule has 26 heavy (non-hydrogen) atoms. The van der Waals surface area contributed by atoms with Crippen LogP contribution >= 0.6 is 0 Å². The van der Waals surface area contributed by atoms with Crippen molar-refractivity contribution < 1.29 is 18.6 Å². The zero-order chi connectivity index (χ0) is 17.6. The van der Waals surface area contributed by atoms with Crippen molar-refractivity contribution in [1.82, 2.24) is 14.8 Å². The minimum absolute atomic E-state index is 0.481. The largest absolute Gasteiger partial charge is 0.486 e. The summed E-state index contributed by atoms with van der Waals surface area (Å²) in [4.78, 5) is 4.76. The Morgan fingerprint density at radius 3 is 2.73 bits per heavy atom. The summed E-state index contributed by atoms with van der Waals surface area (Å²) in [6, 6.07) is 9.46. The molecule has 0 radical (unpaired) electrons. The second-order valence-electron chi connectivity index (χ2n) is 6.66. The van der Waals surface area contributed by atoms with Crippen LogP contribution in [0.15, 0.2) is 41.0 Å². The Labute approximate surface area is 150 Å². The van der Waals surface area contributed by atoms with E-state index < -0.39 is 5.60 Å². The lowest BCUT2D eigenvalue weighted by atomic mass is 10.0. The summed E-state index contributed by atoms with van der Waals surface area (Å²) in [5.41, 5.74) is 0.372. The van der Waals surface area contributed by atoms with Crippen LogP contribution in [0.5, 0.6) is 11.5 Å². The minimum Gasteiger partial charge on any atom is -0.486 e. The summed E-state index contributed by atoms with van der Waals surface area (Å²) < 4.78 is 24.7. The van der Waals surface area contributed by atoms with Gasteiger partial charge < -0.3 is 18.6 Å². The number of hydrogen-bond donors (Lipinski definition) is 0. The van der Waals surface area contributed by atoms with Gasteiger partial charge in [0.1, 0.15) is 18.8 Å². The molecule has 0 amide bonds. The standard InChI is InChI=1S/C19H19N3O4/c1-19(7-3-9-26-19)18-20-17(15-4-2-8-23-15)21-22(18)13-5-6-14-16(12-13)25-11-10-24-14/h2,4-6,8,12H,3,7,9-11H2,1H3. The van der Waals surface area contributed by atoms with Crippen LogP contribution in [0.1, 0.15) is 25.6 Å². The van der Waals surface area contributed by atoms with Crippen molar-refractivity contribution in [1.29, 1.82) is 0 Å². The summed E-state index contributed by atoms with van der Waals surface area (Å²) in [7, 11) is 0. The summed E-state index contributed by atoms with van der Waals surface area (Å²) in [6.45, 7) is 3.89. The molecule has 0 bridgehead atoms. The number of furan rings is 1.